The third-order valence-corrected chi connectivity index (χ3v) is 5.33. The van der Waals surface area contributed by atoms with Crippen LogP contribution in [0.1, 0.15) is 22.2 Å². The maximum Gasteiger partial charge on any atom is 0.254 e. The van der Waals surface area contributed by atoms with E-state index in [0.29, 0.717) is 12.2 Å². The number of aliphatic hydroxyl groups is 1. The highest BCUT2D eigenvalue weighted by Gasteiger charge is 2.27. The first-order valence-electron chi connectivity index (χ1n) is 7.70. The van der Waals surface area contributed by atoms with Gasteiger partial charge in [0.05, 0.1) is 12.2 Å². The van der Waals surface area contributed by atoms with Crippen LogP contribution in [-0.2, 0) is 11.4 Å². The highest BCUT2D eigenvalue weighted by atomic mass is 79.9. The largest absolute Gasteiger partial charge is 0.489 e. The van der Waals surface area contributed by atoms with E-state index < -0.39 is 0 Å². The predicted octanol–water partition coefficient (Wildman–Crippen LogP) is 2.10. The number of halogens is 1. The fourth-order valence-corrected chi connectivity index (χ4v) is 3.89. The average molecular weight is 424 g/mol. The lowest BCUT2D eigenvalue weighted by molar-refractivity contribution is -0.115. The summed E-state index contributed by atoms with van der Waals surface area (Å²) in [5.74, 6) is 0.522. The second-order valence-corrected chi connectivity index (χ2v) is 7.22. The lowest BCUT2D eigenvalue weighted by Gasteiger charge is -2.22. The monoisotopic (exact) mass is 423 g/mol. The van der Waals surface area contributed by atoms with Crippen LogP contribution in [0.15, 0.2) is 40.3 Å². The minimum absolute atomic E-state index is 0.102. The van der Waals surface area contributed by atoms with Gasteiger partial charge in [0.1, 0.15) is 18.5 Å². The summed E-state index contributed by atoms with van der Waals surface area (Å²) in [5, 5.41) is 16.5. The van der Waals surface area contributed by atoms with E-state index in [-0.39, 0.29) is 25.2 Å². The van der Waals surface area contributed by atoms with Crippen molar-refractivity contribution < 1.29 is 14.6 Å². The first-order valence-corrected chi connectivity index (χ1v) is 9.37. The zero-order chi connectivity index (χ0) is 17.8. The number of nitrogens with one attached hydrogen (secondary N) is 2. The Hall–Kier alpha value is -1.87. The van der Waals surface area contributed by atoms with E-state index in [0.717, 1.165) is 26.2 Å². The first kappa shape index (κ1) is 17.9. The third kappa shape index (κ3) is 4.04. The molecule has 0 saturated carbocycles. The number of aliphatic hydroxyl groups excluding tert-OH is 1. The van der Waals surface area contributed by atoms with Crippen molar-refractivity contribution in [2.45, 2.75) is 12.8 Å². The number of fused-ring (bicyclic) bond motifs is 1. The third-order valence-electron chi connectivity index (χ3n) is 3.72. The molecule has 0 spiro atoms. The van der Waals surface area contributed by atoms with Gasteiger partial charge in [-0.25, -0.2) is 0 Å². The van der Waals surface area contributed by atoms with E-state index in [9.17, 15) is 4.79 Å². The molecule has 2 aromatic rings. The van der Waals surface area contributed by atoms with Crippen LogP contribution in [-0.4, -0.2) is 24.2 Å². The van der Waals surface area contributed by atoms with Crippen molar-refractivity contribution in [2.75, 3.05) is 13.2 Å². The number of carbonyl (C=O) groups is 1. The molecule has 0 radical (unpaired) electrons. The normalized spacial score (nSPS) is 15.8. The molecule has 1 aliphatic heterocycles. The minimum atomic E-state index is -0.390. The molecule has 1 unspecified atom stereocenters. The number of nitrogens with two attached hydrogens (primary N) is 1. The van der Waals surface area contributed by atoms with E-state index in [4.69, 9.17) is 15.6 Å². The van der Waals surface area contributed by atoms with Crippen molar-refractivity contribution in [3.8, 4) is 5.75 Å². The van der Waals surface area contributed by atoms with Crippen molar-refractivity contribution in [3.05, 3.63) is 56.3 Å². The summed E-state index contributed by atoms with van der Waals surface area (Å²) in [6, 6.07) is 7.60. The van der Waals surface area contributed by atoms with E-state index in [2.05, 4.69) is 26.6 Å². The molecule has 1 aromatic heterocycles. The molecule has 1 aliphatic rings. The van der Waals surface area contributed by atoms with Crippen molar-refractivity contribution in [1.82, 2.24) is 10.6 Å². The topological polar surface area (TPSA) is 96.6 Å². The molecule has 1 aromatic carbocycles. The molecular formula is C17H18BrN3O3S. The van der Waals surface area contributed by atoms with Gasteiger partial charge in [0.2, 0.25) is 0 Å². The van der Waals surface area contributed by atoms with Gasteiger partial charge in [0, 0.05) is 33.2 Å². The molecule has 1 atom stereocenters. The number of ether oxygens (including phenoxy) is 1. The molecule has 132 valence electrons. The fourth-order valence-electron chi connectivity index (χ4n) is 2.51. The van der Waals surface area contributed by atoms with Crippen molar-refractivity contribution >= 4 is 38.7 Å². The molecule has 8 heteroatoms. The van der Waals surface area contributed by atoms with Gasteiger partial charge in [-0.05, 0) is 29.6 Å². The van der Waals surface area contributed by atoms with Crippen LogP contribution in [0.25, 0.3) is 5.57 Å². The maximum atomic E-state index is 12.2. The highest BCUT2D eigenvalue weighted by molar-refractivity contribution is 9.10. The SMILES string of the molecule is NC1NC=C(C(=O)NCCO)c2scc(COc3ccc(Br)cc3)c21. The molecular weight excluding hydrogens is 406 g/mol. The van der Waals surface area contributed by atoms with E-state index >= 15 is 0 Å². The molecule has 0 bridgehead atoms. The van der Waals surface area contributed by atoms with Gasteiger partial charge < -0.3 is 26.2 Å². The Morgan fingerprint density at radius 3 is 2.88 bits per heavy atom. The first-order chi connectivity index (χ1) is 12.1. The van der Waals surface area contributed by atoms with Gasteiger partial charge in [-0.3, -0.25) is 4.79 Å². The fraction of sp³-hybridized carbons (Fsp3) is 0.235. The molecule has 0 fully saturated rings. The Bertz CT molecular complexity index is 789. The van der Waals surface area contributed by atoms with Crippen molar-refractivity contribution in [3.63, 3.8) is 0 Å². The predicted molar refractivity (Wildman–Crippen MR) is 101 cm³/mol. The second kappa shape index (κ2) is 8.01. The van der Waals surface area contributed by atoms with E-state index in [1.165, 1.54) is 11.3 Å². The van der Waals surface area contributed by atoms with Crippen LogP contribution < -0.4 is 21.1 Å². The molecule has 2 heterocycles. The number of benzene rings is 1. The number of hydrogen-bond donors (Lipinski definition) is 4. The van der Waals surface area contributed by atoms with Gasteiger partial charge in [0.25, 0.3) is 5.91 Å². The number of rotatable bonds is 6. The molecule has 3 rings (SSSR count). The second-order valence-electron chi connectivity index (χ2n) is 5.43. The van der Waals surface area contributed by atoms with Crippen LogP contribution in [0.2, 0.25) is 0 Å². The van der Waals surface area contributed by atoms with Gasteiger partial charge in [-0.2, -0.15) is 0 Å². The van der Waals surface area contributed by atoms with Crippen LogP contribution in [0.3, 0.4) is 0 Å². The summed E-state index contributed by atoms with van der Waals surface area (Å²) >= 11 is 4.86. The Balaban J connectivity index is 1.77. The molecule has 0 saturated heterocycles. The maximum absolute atomic E-state index is 12.2. The molecule has 5 N–H and O–H groups in total. The Labute approximate surface area is 157 Å². The summed E-state index contributed by atoms with van der Waals surface area (Å²) < 4.78 is 6.82. The summed E-state index contributed by atoms with van der Waals surface area (Å²) in [6.07, 6.45) is 1.23. The van der Waals surface area contributed by atoms with Gasteiger partial charge in [-0.1, -0.05) is 15.9 Å². The standard InChI is InChI=1S/C17H18BrN3O3S/c18-11-1-3-12(4-2-11)24-8-10-9-25-15-13(17(23)20-5-6-22)7-21-16(19)14(10)15/h1-4,7,9,16,21-22H,5-6,8,19H2,(H,20,23). The van der Waals surface area contributed by atoms with Gasteiger partial charge in [-0.15, -0.1) is 11.3 Å². The van der Waals surface area contributed by atoms with Crippen molar-refractivity contribution in [1.29, 1.82) is 0 Å². The Morgan fingerprint density at radius 1 is 1.40 bits per heavy atom. The molecule has 25 heavy (non-hydrogen) atoms. The van der Waals surface area contributed by atoms with Crippen LogP contribution in [0.4, 0.5) is 0 Å². The van der Waals surface area contributed by atoms with Crippen LogP contribution in [0, 0.1) is 0 Å². The zero-order valence-electron chi connectivity index (χ0n) is 13.3. The number of amides is 1. The average Bonchev–Trinajstić information content (AvgIpc) is 3.04. The quantitative estimate of drug-likeness (QED) is 0.570. The summed E-state index contributed by atoms with van der Waals surface area (Å²) in [7, 11) is 0. The minimum Gasteiger partial charge on any atom is -0.489 e. The molecule has 6 nitrogen and oxygen atoms in total. The van der Waals surface area contributed by atoms with E-state index in [1.54, 1.807) is 6.20 Å². The van der Waals surface area contributed by atoms with Gasteiger partial charge in [0.15, 0.2) is 0 Å². The van der Waals surface area contributed by atoms with E-state index in [1.807, 2.05) is 29.6 Å². The number of carbonyl (C=O) groups excluding carboxylic acids is 1. The highest BCUT2D eigenvalue weighted by Crippen LogP contribution is 2.35. The Morgan fingerprint density at radius 2 is 2.16 bits per heavy atom. The zero-order valence-corrected chi connectivity index (χ0v) is 15.7. The summed E-state index contributed by atoms with van der Waals surface area (Å²) in [5.41, 5.74) is 8.50. The Kier molecular flexibility index (Phi) is 5.74. The van der Waals surface area contributed by atoms with Crippen LogP contribution >= 0.6 is 27.3 Å². The number of thiophene rings is 1. The molecule has 0 aliphatic carbocycles. The smallest absolute Gasteiger partial charge is 0.254 e. The summed E-state index contributed by atoms with van der Waals surface area (Å²) in [4.78, 5) is 13.1. The lowest BCUT2D eigenvalue weighted by atomic mass is 10.0. The molecule has 1 amide bonds. The number of hydrogen-bond acceptors (Lipinski definition) is 6. The van der Waals surface area contributed by atoms with Crippen LogP contribution in [0.5, 0.6) is 5.75 Å². The van der Waals surface area contributed by atoms with Gasteiger partial charge >= 0.3 is 0 Å². The summed E-state index contributed by atoms with van der Waals surface area (Å²) in [6.45, 7) is 0.479. The van der Waals surface area contributed by atoms with Crippen molar-refractivity contribution in [2.24, 2.45) is 5.73 Å². The lowest BCUT2D eigenvalue weighted by Crippen LogP contribution is -2.34.